The van der Waals surface area contributed by atoms with Gasteiger partial charge >= 0.3 is 6.03 Å². The zero-order valence-corrected chi connectivity index (χ0v) is 30.5. The standard InChI is InChI=1S/C33H56N6O7S/c1-12-15-34-29(42)27(40)25(20-13-14-20)36-28(41)26-23-21(33(23,9)10)16-38(26)30(43)24(18(2)3)37-31(44)35-22(32(6,7)8)17-39(19(4)5)47(11,45)46/h12,18-26H,1,13-17H2,2-11H3,(H,34,42)(H,36,41)(H2,35,37,44)/t21-,22+,23-,24-,25?,26-/m0/s1. The first-order valence-corrected chi connectivity index (χ1v) is 18.5. The number of carbonyl (C=O) groups is 5. The topological polar surface area (TPSA) is 174 Å². The van der Waals surface area contributed by atoms with E-state index in [1.54, 1.807) is 27.7 Å². The Morgan fingerprint density at radius 1 is 1.02 bits per heavy atom. The van der Waals surface area contributed by atoms with Crippen molar-refractivity contribution in [2.24, 2.45) is 34.5 Å². The van der Waals surface area contributed by atoms with Crippen LogP contribution in [0.4, 0.5) is 4.79 Å². The van der Waals surface area contributed by atoms with Gasteiger partial charge < -0.3 is 26.2 Å². The van der Waals surface area contributed by atoms with Gasteiger partial charge in [-0.05, 0) is 61.2 Å². The van der Waals surface area contributed by atoms with Gasteiger partial charge in [-0.25, -0.2) is 13.2 Å². The Bertz CT molecular complexity index is 1350. The molecule has 1 heterocycles. The fraction of sp³-hybridized carbons (Fsp3) is 0.788. The normalized spacial score (nSPS) is 23.9. The summed E-state index contributed by atoms with van der Waals surface area (Å²) in [5, 5.41) is 11.0. The van der Waals surface area contributed by atoms with Crippen molar-refractivity contribution < 1.29 is 32.4 Å². The first kappa shape index (κ1) is 38.4. The van der Waals surface area contributed by atoms with Crippen molar-refractivity contribution in [3.05, 3.63) is 12.7 Å². The summed E-state index contributed by atoms with van der Waals surface area (Å²) in [5.41, 5.74) is -0.713. The lowest BCUT2D eigenvalue weighted by Gasteiger charge is -2.37. The maximum atomic E-state index is 14.2. The highest BCUT2D eigenvalue weighted by atomic mass is 32.2. The number of rotatable bonds is 15. The Morgan fingerprint density at radius 3 is 2.09 bits per heavy atom. The second-order valence-electron chi connectivity index (χ2n) is 15.8. The van der Waals surface area contributed by atoms with Crippen molar-refractivity contribution >= 4 is 39.6 Å². The predicted molar refractivity (Wildman–Crippen MR) is 179 cm³/mol. The minimum absolute atomic E-state index is 0.0486. The summed E-state index contributed by atoms with van der Waals surface area (Å²) in [4.78, 5) is 68.5. The second kappa shape index (κ2) is 14.2. The van der Waals surface area contributed by atoms with Gasteiger partial charge in [-0.1, -0.05) is 54.5 Å². The summed E-state index contributed by atoms with van der Waals surface area (Å²) >= 11 is 0. The summed E-state index contributed by atoms with van der Waals surface area (Å²) in [6, 6.07) is -4.35. The Labute approximate surface area is 280 Å². The average Bonchev–Trinajstić information content (AvgIpc) is 3.81. The van der Waals surface area contributed by atoms with Crippen LogP contribution in [0.3, 0.4) is 0 Å². The Balaban J connectivity index is 1.80. The van der Waals surface area contributed by atoms with Crippen LogP contribution in [0.5, 0.6) is 0 Å². The van der Waals surface area contributed by atoms with E-state index in [9.17, 15) is 32.4 Å². The van der Waals surface area contributed by atoms with E-state index in [1.165, 1.54) is 15.3 Å². The molecule has 0 spiro atoms. The fourth-order valence-electron chi connectivity index (χ4n) is 6.75. The van der Waals surface area contributed by atoms with Crippen LogP contribution in [-0.2, 0) is 29.2 Å². The van der Waals surface area contributed by atoms with Gasteiger partial charge in [-0.2, -0.15) is 4.31 Å². The monoisotopic (exact) mass is 680 g/mol. The smallest absolute Gasteiger partial charge is 0.315 e. The third-order valence-corrected chi connectivity index (χ3v) is 11.4. The van der Waals surface area contributed by atoms with Crippen molar-refractivity contribution in [2.45, 2.75) is 105 Å². The van der Waals surface area contributed by atoms with Crippen LogP contribution in [0.15, 0.2) is 12.7 Å². The molecule has 2 aliphatic carbocycles. The molecule has 5 amide bonds. The van der Waals surface area contributed by atoms with Crippen molar-refractivity contribution in [1.82, 2.24) is 30.5 Å². The van der Waals surface area contributed by atoms with Crippen molar-refractivity contribution in [3.63, 3.8) is 0 Å². The minimum Gasteiger partial charge on any atom is -0.346 e. The van der Waals surface area contributed by atoms with E-state index in [0.29, 0.717) is 19.4 Å². The number of amides is 5. The zero-order chi connectivity index (χ0) is 35.8. The summed E-state index contributed by atoms with van der Waals surface area (Å²) < 4.78 is 26.3. The first-order chi connectivity index (χ1) is 21.5. The molecule has 2 saturated carbocycles. The molecule has 266 valence electrons. The van der Waals surface area contributed by atoms with E-state index in [4.69, 9.17) is 0 Å². The van der Waals surface area contributed by atoms with Crippen LogP contribution in [0, 0.1) is 34.5 Å². The van der Waals surface area contributed by atoms with E-state index in [1.807, 2.05) is 34.6 Å². The number of fused-ring (bicyclic) bond motifs is 1. The molecule has 3 fully saturated rings. The average molecular weight is 681 g/mol. The van der Waals surface area contributed by atoms with Crippen molar-refractivity contribution in [3.8, 4) is 0 Å². The Kier molecular flexibility index (Phi) is 11.6. The third-order valence-electron chi connectivity index (χ3n) is 10.00. The van der Waals surface area contributed by atoms with Crippen LogP contribution in [0.25, 0.3) is 0 Å². The lowest BCUT2D eigenvalue weighted by Crippen LogP contribution is -2.61. The minimum atomic E-state index is -3.55. The molecule has 47 heavy (non-hydrogen) atoms. The number of carbonyl (C=O) groups excluding carboxylic acids is 5. The first-order valence-electron chi connectivity index (χ1n) is 16.6. The molecular weight excluding hydrogens is 624 g/mol. The van der Waals surface area contributed by atoms with E-state index in [-0.39, 0.29) is 48.2 Å². The van der Waals surface area contributed by atoms with E-state index in [2.05, 4.69) is 27.8 Å². The molecule has 3 aliphatic rings. The van der Waals surface area contributed by atoms with E-state index < -0.39 is 69.1 Å². The number of hydrogen-bond acceptors (Lipinski definition) is 7. The van der Waals surface area contributed by atoms with Gasteiger partial charge in [0, 0.05) is 31.7 Å². The third kappa shape index (κ3) is 8.92. The number of Topliss-reactive ketones (excluding diaryl/α,β-unsaturated/α-hetero) is 1. The number of ketones is 1. The summed E-state index contributed by atoms with van der Waals surface area (Å²) in [6.07, 6.45) is 4.01. The van der Waals surface area contributed by atoms with Crippen molar-refractivity contribution in [2.75, 3.05) is 25.9 Å². The summed E-state index contributed by atoms with van der Waals surface area (Å²) in [7, 11) is -3.55. The highest BCUT2D eigenvalue weighted by Crippen LogP contribution is 2.65. The fourth-order valence-corrected chi connectivity index (χ4v) is 7.94. The highest BCUT2D eigenvalue weighted by Gasteiger charge is 2.69. The Hall–Kier alpha value is -3.00. The SMILES string of the molecule is C=CCNC(=O)C(=O)C(NC(=O)[C@@H]1[C@@H]2[C@H](CN1C(=O)[C@@H](NC(=O)N[C@H](CN(C(C)C)S(C)(=O)=O)C(C)(C)C)C(C)C)C2(C)C)C1CC1. The zero-order valence-electron chi connectivity index (χ0n) is 29.7. The van der Waals surface area contributed by atoms with Crippen molar-refractivity contribution in [1.29, 1.82) is 0 Å². The number of nitrogens with zero attached hydrogens (tertiary/aromatic N) is 2. The highest BCUT2D eigenvalue weighted by molar-refractivity contribution is 7.88. The van der Waals surface area contributed by atoms with Gasteiger partial charge in [0.15, 0.2) is 0 Å². The molecule has 3 rings (SSSR count). The largest absolute Gasteiger partial charge is 0.346 e. The lowest BCUT2D eigenvalue weighted by atomic mass is 9.86. The summed E-state index contributed by atoms with van der Waals surface area (Å²) in [6.45, 7) is 21.0. The molecule has 13 nitrogen and oxygen atoms in total. The molecule has 0 aromatic heterocycles. The second-order valence-corrected chi connectivity index (χ2v) is 17.7. The Morgan fingerprint density at radius 2 is 1.62 bits per heavy atom. The van der Waals surface area contributed by atoms with Crippen LogP contribution < -0.4 is 21.3 Å². The molecule has 14 heteroatoms. The molecule has 0 radical (unpaired) electrons. The molecular formula is C33H56N6O7S. The van der Waals surface area contributed by atoms with Gasteiger partial charge in [0.25, 0.3) is 5.91 Å². The molecule has 4 N–H and O–H groups in total. The number of hydrogen-bond donors (Lipinski definition) is 4. The number of urea groups is 1. The van der Waals surface area contributed by atoms with Crippen LogP contribution in [0.1, 0.15) is 75.2 Å². The van der Waals surface area contributed by atoms with Gasteiger partial charge in [0.2, 0.25) is 27.6 Å². The van der Waals surface area contributed by atoms with Gasteiger partial charge in [0.1, 0.15) is 18.1 Å². The number of sulfonamides is 1. The number of likely N-dealkylation sites (tertiary alicyclic amines) is 1. The molecule has 6 atom stereocenters. The number of nitrogens with one attached hydrogen (secondary N) is 4. The molecule has 1 saturated heterocycles. The van der Waals surface area contributed by atoms with Gasteiger partial charge in [-0.15, -0.1) is 6.58 Å². The molecule has 0 bridgehead atoms. The number of piperidine rings is 1. The predicted octanol–water partition coefficient (Wildman–Crippen LogP) is 1.64. The maximum Gasteiger partial charge on any atom is 0.315 e. The quantitative estimate of drug-likeness (QED) is 0.150. The summed E-state index contributed by atoms with van der Waals surface area (Å²) in [5.74, 6) is -2.96. The van der Waals surface area contributed by atoms with Crippen LogP contribution in [0.2, 0.25) is 0 Å². The van der Waals surface area contributed by atoms with Crippen LogP contribution in [-0.4, -0.2) is 103 Å². The molecule has 0 aromatic rings. The van der Waals surface area contributed by atoms with Crippen LogP contribution >= 0.6 is 0 Å². The van der Waals surface area contributed by atoms with Gasteiger partial charge in [-0.3, -0.25) is 19.2 Å². The van der Waals surface area contributed by atoms with E-state index >= 15 is 0 Å². The molecule has 1 unspecified atom stereocenters. The molecule has 0 aromatic carbocycles. The van der Waals surface area contributed by atoms with E-state index in [0.717, 1.165) is 6.26 Å². The lowest BCUT2D eigenvalue weighted by molar-refractivity contribution is -0.144. The van der Waals surface area contributed by atoms with Gasteiger partial charge in [0.05, 0.1) is 6.26 Å². The molecule has 1 aliphatic heterocycles. The maximum absolute atomic E-state index is 14.2.